The minimum atomic E-state index is -0.253. The van der Waals surface area contributed by atoms with Gasteiger partial charge in [0, 0.05) is 15.5 Å². The number of nitrogens with one attached hydrogen (secondary N) is 1. The van der Waals surface area contributed by atoms with Crippen molar-refractivity contribution in [1.82, 2.24) is 5.43 Å². The number of amides is 1. The molecule has 1 amide bonds. The van der Waals surface area contributed by atoms with E-state index in [1.807, 2.05) is 18.4 Å². The highest BCUT2D eigenvalue weighted by atomic mass is 35.5. The lowest BCUT2D eigenvalue weighted by Gasteiger charge is -1.99. The summed E-state index contributed by atoms with van der Waals surface area (Å²) < 4.78 is 0. The topological polar surface area (TPSA) is 41.5 Å². The second-order valence-electron chi connectivity index (χ2n) is 3.67. The van der Waals surface area contributed by atoms with Crippen molar-refractivity contribution in [1.29, 1.82) is 0 Å². The van der Waals surface area contributed by atoms with Gasteiger partial charge in [0.25, 0.3) is 5.91 Å². The fourth-order valence-corrected chi connectivity index (χ4v) is 2.24. The Kier molecular flexibility index (Phi) is 4.12. The van der Waals surface area contributed by atoms with Crippen LogP contribution in [0.1, 0.15) is 20.8 Å². The van der Waals surface area contributed by atoms with E-state index >= 15 is 0 Å². The van der Waals surface area contributed by atoms with Gasteiger partial charge in [-0.1, -0.05) is 11.6 Å². The molecule has 0 unspecified atom stereocenters. The van der Waals surface area contributed by atoms with E-state index in [1.165, 1.54) is 0 Å². The van der Waals surface area contributed by atoms with Gasteiger partial charge < -0.3 is 0 Å². The minimum absolute atomic E-state index is 0.253. The summed E-state index contributed by atoms with van der Waals surface area (Å²) in [6.07, 6.45) is 1.65. The minimum Gasteiger partial charge on any atom is -0.267 e. The molecule has 2 rings (SSSR count). The van der Waals surface area contributed by atoms with Crippen LogP contribution in [0, 0.1) is 6.92 Å². The number of hydrazone groups is 1. The van der Waals surface area contributed by atoms with Crippen LogP contribution in [-0.4, -0.2) is 12.1 Å². The van der Waals surface area contributed by atoms with Crippen molar-refractivity contribution in [2.24, 2.45) is 5.10 Å². The molecule has 92 valence electrons. The largest absolute Gasteiger partial charge is 0.271 e. The van der Waals surface area contributed by atoms with Crippen molar-refractivity contribution in [2.45, 2.75) is 6.92 Å². The van der Waals surface area contributed by atoms with Crippen molar-refractivity contribution in [3.05, 3.63) is 56.7 Å². The maximum Gasteiger partial charge on any atom is 0.271 e. The summed E-state index contributed by atoms with van der Waals surface area (Å²) in [6, 6.07) is 8.66. The lowest BCUT2D eigenvalue weighted by Crippen LogP contribution is -2.17. The van der Waals surface area contributed by atoms with E-state index in [0.717, 1.165) is 10.4 Å². The third kappa shape index (κ3) is 3.18. The summed E-state index contributed by atoms with van der Waals surface area (Å²) in [7, 11) is 0. The van der Waals surface area contributed by atoms with Gasteiger partial charge in [0.05, 0.1) is 6.21 Å². The normalized spacial score (nSPS) is 10.8. The molecule has 5 heteroatoms. The molecule has 2 aromatic rings. The first kappa shape index (κ1) is 12.8. The molecule has 1 heterocycles. The molecule has 1 N–H and O–H groups in total. The number of nitrogens with zero attached hydrogens (tertiary/aromatic N) is 1. The molecule has 1 aromatic carbocycles. The predicted octanol–water partition coefficient (Wildman–Crippen LogP) is 3.47. The first-order chi connectivity index (χ1) is 8.66. The van der Waals surface area contributed by atoms with Crippen LogP contribution < -0.4 is 5.43 Å². The molecule has 0 atom stereocenters. The average molecular weight is 279 g/mol. The van der Waals surface area contributed by atoms with Crippen LogP contribution in [0.15, 0.2) is 40.8 Å². The highest BCUT2D eigenvalue weighted by molar-refractivity contribution is 7.11. The number of aryl methyl sites for hydroxylation is 1. The Balaban J connectivity index is 1.98. The van der Waals surface area contributed by atoms with E-state index in [-0.39, 0.29) is 5.91 Å². The summed E-state index contributed by atoms with van der Waals surface area (Å²) in [6.45, 7) is 2.00. The lowest BCUT2D eigenvalue weighted by molar-refractivity contribution is 0.0955. The number of hydrogen-bond donors (Lipinski definition) is 1. The first-order valence-corrected chi connectivity index (χ1v) is 6.55. The molecule has 0 radical (unpaired) electrons. The van der Waals surface area contributed by atoms with Gasteiger partial charge in [-0.25, -0.2) is 5.43 Å². The quantitative estimate of drug-likeness (QED) is 0.678. The van der Waals surface area contributed by atoms with Gasteiger partial charge in [0.1, 0.15) is 0 Å². The fourth-order valence-electron chi connectivity index (χ4n) is 1.33. The molecule has 0 saturated heterocycles. The van der Waals surface area contributed by atoms with Crippen LogP contribution in [0.25, 0.3) is 0 Å². The third-order valence-electron chi connectivity index (χ3n) is 2.36. The van der Waals surface area contributed by atoms with Crippen molar-refractivity contribution >= 4 is 35.1 Å². The van der Waals surface area contributed by atoms with Crippen molar-refractivity contribution in [3.8, 4) is 0 Å². The number of hydrogen-bond acceptors (Lipinski definition) is 3. The Morgan fingerprint density at radius 1 is 1.33 bits per heavy atom. The monoisotopic (exact) mass is 278 g/mol. The number of carbonyl (C=O) groups excluding carboxylic acids is 1. The van der Waals surface area contributed by atoms with E-state index in [2.05, 4.69) is 10.5 Å². The smallest absolute Gasteiger partial charge is 0.267 e. The summed E-state index contributed by atoms with van der Waals surface area (Å²) in [5.41, 5.74) is 4.15. The van der Waals surface area contributed by atoms with Crippen LogP contribution in [0.2, 0.25) is 5.02 Å². The molecule has 1 aromatic heterocycles. The highest BCUT2D eigenvalue weighted by Crippen LogP contribution is 2.12. The maximum atomic E-state index is 11.7. The third-order valence-corrected chi connectivity index (χ3v) is 3.56. The van der Waals surface area contributed by atoms with Crippen molar-refractivity contribution < 1.29 is 4.79 Å². The Morgan fingerprint density at radius 2 is 2.06 bits per heavy atom. The van der Waals surface area contributed by atoms with Crippen LogP contribution in [0.3, 0.4) is 0 Å². The number of thiophene rings is 1. The number of benzene rings is 1. The molecular weight excluding hydrogens is 268 g/mol. The zero-order valence-corrected chi connectivity index (χ0v) is 11.3. The Hall–Kier alpha value is -1.65. The van der Waals surface area contributed by atoms with Gasteiger partial charge in [-0.15, -0.1) is 11.3 Å². The molecule has 18 heavy (non-hydrogen) atoms. The lowest BCUT2D eigenvalue weighted by atomic mass is 10.2. The summed E-state index contributed by atoms with van der Waals surface area (Å²) >= 11 is 7.33. The Bertz CT molecular complexity index is 575. The zero-order valence-electron chi connectivity index (χ0n) is 9.68. The Labute approximate surface area is 114 Å². The molecule has 0 fully saturated rings. The summed E-state index contributed by atoms with van der Waals surface area (Å²) in [5, 5.41) is 6.51. The van der Waals surface area contributed by atoms with Gasteiger partial charge in [-0.05, 0) is 48.2 Å². The number of rotatable bonds is 3. The molecule has 0 aliphatic carbocycles. The summed E-state index contributed by atoms with van der Waals surface area (Å²) in [4.78, 5) is 12.7. The second-order valence-corrected chi connectivity index (χ2v) is 5.06. The Morgan fingerprint density at radius 3 is 2.67 bits per heavy atom. The van der Waals surface area contributed by atoms with E-state index in [4.69, 9.17) is 11.6 Å². The SMILES string of the molecule is Cc1ccsc1/C=N/NC(=O)c1ccc(Cl)cc1. The van der Waals surface area contributed by atoms with Gasteiger partial charge >= 0.3 is 0 Å². The van der Waals surface area contributed by atoms with E-state index in [0.29, 0.717) is 10.6 Å². The van der Waals surface area contributed by atoms with Gasteiger partial charge in [-0.2, -0.15) is 5.10 Å². The molecule has 0 saturated carbocycles. The van der Waals surface area contributed by atoms with Crippen molar-refractivity contribution in [3.63, 3.8) is 0 Å². The van der Waals surface area contributed by atoms with Crippen molar-refractivity contribution in [2.75, 3.05) is 0 Å². The maximum absolute atomic E-state index is 11.7. The van der Waals surface area contributed by atoms with Crippen LogP contribution in [0.5, 0.6) is 0 Å². The highest BCUT2D eigenvalue weighted by Gasteiger charge is 2.03. The van der Waals surface area contributed by atoms with E-state index in [9.17, 15) is 4.79 Å². The molecule has 0 aliphatic rings. The number of carbonyl (C=O) groups is 1. The molecular formula is C13H11ClN2OS. The number of halogens is 1. The molecule has 0 aliphatic heterocycles. The average Bonchev–Trinajstić information content (AvgIpc) is 2.76. The molecule has 3 nitrogen and oxygen atoms in total. The van der Waals surface area contributed by atoms with E-state index in [1.54, 1.807) is 41.8 Å². The zero-order chi connectivity index (χ0) is 13.0. The standard InChI is InChI=1S/C13H11ClN2OS/c1-9-6-7-18-12(9)8-15-16-13(17)10-2-4-11(14)5-3-10/h2-8H,1H3,(H,16,17)/b15-8+. The van der Waals surface area contributed by atoms with Gasteiger partial charge in [0.2, 0.25) is 0 Å². The van der Waals surface area contributed by atoms with Crippen LogP contribution in [-0.2, 0) is 0 Å². The van der Waals surface area contributed by atoms with Gasteiger partial charge in [0.15, 0.2) is 0 Å². The summed E-state index contributed by atoms with van der Waals surface area (Å²) in [5.74, 6) is -0.253. The first-order valence-electron chi connectivity index (χ1n) is 5.30. The van der Waals surface area contributed by atoms with Crippen LogP contribution >= 0.6 is 22.9 Å². The van der Waals surface area contributed by atoms with Crippen LogP contribution in [0.4, 0.5) is 0 Å². The molecule has 0 bridgehead atoms. The van der Waals surface area contributed by atoms with Gasteiger partial charge in [-0.3, -0.25) is 4.79 Å². The fraction of sp³-hybridized carbons (Fsp3) is 0.0769. The predicted molar refractivity (Wildman–Crippen MR) is 75.6 cm³/mol. The molecule has 0 spiro atoms. The second kappa shape index (κ2) is 5.80. The van der Waals surface area contributed by atoms with E-state index < -0.39 is 0 Å².